The molecule has 0 spiro atoms. The Morgan fingerprint density at radius 1 is 1.03 bits per heavy atom. The molecule has 1 amide bonds. The van der Waals surface area contributed by atoms with Crippen LogP contribution in [0.25, 0.3) is 12.2 Å². The number of benzene rings is 1. The lowest BCUT2D eigenvalue weighted by Gasteiger charge is -2.43. The molecule has 0 unspecified atom stereocenters. The van der Waals surface area contributed by atoms with Gasteiger partial charge in [-0.3, -0.25) is 9.59 Å². The lowest BCUT2D eigenvalue weighted by molar-refractivity contribution is 0.0563. The Hall–Kier alpha value is -3.05. The van der Waals surface area contributed by atoms with Crippen LogP contribution < -0.4 is 5.56 Å². The van der Waals surface area contributed by atoms with E-state index in [9.17, 15) is 9.59 Å². The van der Waals surface area contributed by atoms with Gasteiger partial charge in [0.15, 0.2) is 5.76 Å². The van der Waals surface area contributed by atoms with Crippen molar-refractivity contribution in [1.29, 1.82) is 0 Å². The van der Waals surface area contributed by atoms with E-state index in [0.717, 1.165) is 23.2 Å². The van der Waals surface area contributed by atoms with E-state index in [0.29, 0.717) is 30.4 Å². The number of halogens is 1. The SMILES string of the molecule is O=C(c1ccco1)N1C[C@@H]2C[C@H](C1)c1c(/C=C/c3ccc(Cl)cc3)ccc(=O)n1C2. The van der Waals surface area contributed by atoms with E-state index < -0.39 is 0 Å². The standard InChI is InChI=1S/C24H21ClN2O3/c25-20-8-4-16(5-9-20)3-6-18-7-10-22(28)27-14-17-12-19(23(18)27)15-26(13-17)24(29)21-2-1-11-30-21/h1-11,17,19H,12-15H2/b6-3+/t17-,19+/m0/s1. The number of rotatable bonds is 3. The second kappa shape index (κ2) is 7.65. The molecule has 6 heteroatoms. The Morgan fingerprint density at radius 3 is 2.63 bits per heavy atom. The molecule has 0 radical (unpaired) electrons. The highest BCUT2D eigenvalue weighted by molar-refractivity contribution is 6.30. The van der Waals surface area contributed by atoms with Gasteiger partial charge in [-0.1, -0.05) is 35.9 Å². The first kappa shape index (κ1) is 18.9. The minimum atomic E-state index is -0.0836. The van der Waals surface area contributed by atoms with Crippen molar-refractivity contribution in [3.05, 3.63) is 92.8 Å². The summed E-state index contributed by atoms with van der Waals surface area (Å²) in [6.07, 6.45) is 6.57. The first-order valence-corrected chi connectivity index (χ1v) is 10.5. The van der Waals surface area contributed by atoms with Crippen molar-refractivity contribution < 1.29 is 9.21 Å². The quantitative estimate of drug-likeness (QED) is 0.625. The third-order valence-electron chi connectivity index (χ3n) is 5.97. The molecule has 5 rings (SSSR count). The third-order valence-corrected chi connectivity index (χ3v) is 6.22. The van der Waals surface area contributed by atoms with Gasteiger partial charge in [-0.25, -0.2) is 0 Å². The van der Waals surface area contributed by atoms with Gasteiger partial charge in [-0.15, -0.1) is 0 Å². The van der Waals surface area contributed by atoms with E-state index in [1.165, 1.54) is 6.26 Å². The van der Waals surface area contributed by atoms with Gasteiger partial charge in [0, 0.05) is 42.3 Å². The van der Waals surface area contributed by atoms with Gasteiger partial charge in [0.2, 0.25) is 0 Å². The lowest BCUT2D eigenvalue weighted by atomic mass is 9.81. The van der Waals surface area contributed by atoms with Crippen LogP contribution in [0.3, 0.4) is 0 Å². The predicted molar refractivity (Wildman–Crippen MR) is 117 cm³/mol. The molecular formula is C24H21ClN2O3. The Balaban J connectivity index is 1.48. The summed E-state index contributed by atoms with van der Waals surface area (Å²) in [7, 11) is 0. The molecule has 3 aromatic rings. The number of carbonyl (C=O) groups excluding carboxylic acids is 1. The summed E-state index contributed by atoms with van der Waals surface area (Å²) in [4.78, 5) is 27.3. The van der Waals surface area contributed by atoms with Crippen LogP contribution in [0.1, 0.15) is 39.7 Å². The van der Waals surface area contributed by atoms with Crippen LogP contribution >= 0.6 is 11.6 Å². The molecule has 2 atom stereocenters. The summed E-state index contributed by atoms with van der Waals surface area (Å²) in [6.45, 7) is 1.86. The van der Waals surface area contributed by atoms with E-state index >= 15 is 0 Å². The van der Waals surface area contributed by atoms with Crippen LogP contribution in [0.4, 0.5) is 0 Å². The minimum Gasteiger partial charge on any atom is -0.459 e. The van der Waals surface area contributed by atoms with E-state index in [1.807, 2.05) is 52.0 Å². The zero-order valence-electron chi connectivity index (χ0n) is 16.3. The van der Waals surface area contributed by atoms with Crippen molar-refractivity contribution in [2.75, 3.05) is 13.1 Å². The fourth-order valence-corrected chi connectivity index (χ4v) is 4.80. The molecule has 0 aliphatic carbocycles. The zero-order valence-corrected chi connectivity index (χ0v) is 17.1. The molecule has 0 saturated carbocycles. The highest BCUT2D eigenvalue weighted by Gasteiger charge is 2.38. The lowest BCUT2D eigenvalue weighted by Crippen LogP contribution is -2.49. The number of aromatic nitrogens is 1. The average Bonchev–Trinajstić information content (AvgIpc) is 3.29. The number of pyridine rings is 1. The molecule has 2 aliphatic rings. The fourth-order valence-electron chi connectivity index (χ4n) is 4.67. The molecule has 2 aromatic heterocycles. The monoisotopic (exact) mass is 420 g/mol. The Bertz CT molecular complexity index is 1160. The van der Waals surface area contributed by atoms with Crippen LogP contribution in [-0.2, 0) is 6.54 Å². The molecule has 1 saturated heterocycles. The van der Waals surface area contributed by atoms with Crippen LogP contribution in [-0.4, -0.2) is 28.5 Å². The first-order chi connectivity index (χ1) is 14.6. The van der Waals surface area contributed by atoms with Crippen LogP contribution in [0.15, 0.2) is 64.0 Å². The highest BCUT2D eigenvalue weighted by atomic mass is 35.5. The van der Waals surface area contributed by atoms with Crippen molar-refractivity contribution in [3.63, 3.8) is 0 Å². The van der Waals surface area contributed by atoms with Crippen molar-refractivity contribution in [2.45, 2.75) is 18.9 Å². The summed E-state index contributed by atoms with van der Waals surface area (Å²) >= 11 is 5.97. The van der Waals surface area contributed by atoms with Crippen LogP contribution in [0.5, 0.6) is 0 Å². The number of likely N-dealkylation sites (tertiary alicyclic amines) is 1. The first-order valence-electron chi connectivity index (χ1n) is 10.1. The van der Waals surface area contributed by atoms with Gasteiger partial charge in [0.25, 0.3) is 11.5 Å². The summed E-state index contributed by atoms with van der Waals surface area (Å²) in [6, 6.07) is 14.6. The van der Waals surface area contributed by atoms with E-state index in [2.05, 4.69) is 0 Å². The van der Waals surface area contributed by atoms with Gasteiger partial charge in [0.05, 0.1) is 6.26 Å². The average molecular weight is 421 g/mol. The summed E-state index contributed by atoms with van der Waals surface area (Å²) < 4.78 is 7.21. The molecule has 1 fully saturated rings. The molecular weight excluding hydrogens is 400 g/mol. The maximum atomic E-state index is 12.8. The number of hydrogen-bond donors (Lipinski definition) is 0. The molecule has 152 valence electrons. The molecule has 0 N–H and O–H groups in total. The molecule has 2 bridgehead atoms. The highest BCUT2D eigenvalue weighted by Crippen LogP contribution is 2.37. The number of fused-ring (bicyclic) bond motifs is 4. The number of piperidine rings is 1. The van der Waals surface area contributed by atoms with Crippen molar-refractivity contribution >= 4 is 29.7 Å². The normalized spacial score (nSPS) is 20.4. The molecule has 2 aliphatic heterocycles. The Morgan fingerprint density at radius 2 is 1.87 bits per heavy atom. The summed E-state index contributed by atoms with van der Waals surface area (Å²) in [5.41, 5.74) is 3.09. The van der Waals surface area contributed by atoms with Gasteiger partial charge in [-0.2, -0.15) is 0 Å². The van der Waals surface area contributed by atoms with Gasteiger partial charge in [-0.05, 0) is 53.8 Å². The van der Waals surface area contributed by atoms with Gasteiger partial charge in [0.1, 0.15) is 0 Å². The van der Waals surface area contributed by atoms with Crippen LogP contribution in [0, 0.1) is 5.92 Å². The molecule has 30 heavy (non-hydrogen) atoms. The number of furan rings is 1. The Labute approximate surface area is 179 Å². The predicted octanol–water partition coefficient (Wildman–Crippen LogP) is 4.52. The Kier molecular flexibility index (Phi) is 4.83. The van der Waals surface area contributed by atoms with Gasteiger partial charge < -0.3 is 13.9 Å². The summed E-state index contributed by atoms with van der Waals surface area (Å²) in [5, 5.41) is 0.699. The van der Waals surface area contributed by atoms with Gasteiger partial charge >= 0.3 is 0 Å². The number of nitrogens with zero attached hydrogens (tertiary/aromatic N) is 2. The second-order valence-electron chi connectivity index (χ2n) is 7.99. The van der Waals surface area contributed by atoms with Crippen molar-refractivity contribution in [2.24, 2.45) is 5.92 Å². The molecule has 4 heterocycles. The smallest absolute Gasteiger partial charge is 0.289 e. The van der Waals surface area contributed by atoms with Crippen molar-refractivity contribution in [3.8, 4) is 0 Å². The maximum Gasteiger partial charge on any atom is 0.289 e. The van der Waals surface area contributed by atoms with Crippen molar-refractivity contribution in [1.82, 2.24) is 9.47 Å². The molecule has 5 nitrogen and oxygen atoms in total. The third kappa shape index (κ3) is 3.50. The fraction of sp³-hybridized carbons (Fsp3) is 0.250. The number of hydrogen-bond acceptors (Lipinski definition) is 3. The van der Waals surface area contributed by atoms with E-state index in [1.54, 1.807) is 18.2 Å². The number of carbonyl (C=O) groups is 1. The van der Waals surface area contributed by atoms with E-state index in [-0.39, 0.29) is 23.3 Å². The van der Waals surface area contributed by atoms with E-state index in [4.69, 9.17) is 16.0 Å². The second-order valence-corrected chi connectivity index (χ2v) is 8.43. The topological polar surface area (TPSA) is 55.5 Å². The molecule has 1 aromatic carbocycles. The zero-order chi connectivity index (χ0) is 20.7. The summed E-state index contributed by atoms with van der Waals surface area (Å²) in [5.74, 6) is 0.668. The largest absolute Gasteiger partial charge is 0.459 e. The number of amides is 1. The maximum absolute atomic E-state index is 12.8. The minimum absolute atomic E-state index is 0.0224. The van der Waals surface area contributed by atoms with Crippen LogP contribution in [0.2, 0.25) is 5.02 Å².